The topological polar surface area (TPSA) is 59.0 Å². The predicted octanol–water partition coefficient (Wildman–Crippen LogP) is 3.90. The molecular weight excluding hydrogens is 286 g/mol. The van der Waals surface area contributed by atoms with Gasteiger partial charge in [-0.2, -0.15) is 0 Å². The Balaban J connectivity index is 3.19. The summed E-state index contributed by atoms with van der Waals surface area (Å²) in [5.41, 5.74) is 0.348. The number of carbonyl (C=O) groups is 1. The number of carboxylic acid groups (broad SMARTS) is 1. The quantitative estimate of drug-likeness (QED) is 0.781. The van der Waals surface area contributed by atoms with Crippen LogP contribution in [-0.4, -0.2) is 49.9 Å². The molecule has 0 radical (unpaired) electrons. The second-order valence-electron chi connectivity index (χ2n) is 7.08. The fraction of sp³-hybridized carbons (Fsp3) is 0.933. The summed E-state index contributed by atoms with van der Waals surface area (Å²) in [6, 6.07) is 0. The number of hydrogen-bond donors (Lipinski definition) is 1. The van der Waals surface area contributed by atoms with E-state index in [1.807, 2.05) is 6.92 Å². The Labute approximate surface area is 129 Å². The van der Waals surface area contributed by atoms with Crippen LogP contribution in [0.5, 0.6) is 0 Å². The van der Waals surface area contributed by atoms with Crippen molar-refractivity contribution in [1.82, 2.24) is 4.90 Å². The van der Waals surface area contributed by atoms with E-state index < -0.39 is 20.1 Å². The second-order valence-corrected chi connectivity index (χ2v) is 12.5. The Morgan fingerprint density at radius 3 is 2.05 bits per heavy atom. The fourth-order valence-electron chi connectivity index (χ4n) is 3.85. The van der Waals surface area contributed by atoms with Crippen LogP contribution in [0, 0.1) is 0 Å². The molecule has 21 heavy (non-hydrogen) atoms. The van der Waals surface area contributed by atoms with Crippen molar-refractivity contribution < 1.29 is 19.1 Å². The minimum absolute atomic E-state index is 0.306. The molecule has 1 aliphatic rings. The van der Waals surface area contributed by atoms with Crippen LogP contribution >= 0.6 is 0 Å². The molecule has 1 N–H and O–H groups in total. The third-order valence-corrected chi connectivity index (χ3v) is 10.9. The largest absolute Gasteiger partial charge is 0.465 e. The number of hydrogen-bond acceptors (Lipinski definition) is 3. The van der Waals surface area contributed by atoms with Gasteiger partial charge in [0.25, 0.3) is 0 Å². The fourth-order valence-corrected chi connectivity index (χ4v) is 9.49. The predicted molar refractivity (Wildman–Crippen MR) is 86.1 cm³/mol. The van der Waals surface area contributed by atoms with Crippen LogP contribution in [0.15, 0.2) is 0 Å². The lowest BCUT2D eigenvalue weighted by molar-refractivity contribution is -0.153. The lowest BCUT2D eigenvalue weighted by Gasteiger charge is -2.52. The lowest BCUT2D eigenvalue weighted by atomic mass is 10.2. The average molecular weight is 318 g/mol. The number of morpholine rings is 1. The highest BCUT2D eigenvalue weighted by Crippen LogP contribution is 2.45. The Kier molecular flexibility index (Phi) is 5.86. The van der Waals surface area contributed by atoms with Crippen molar-refractivity contribution >= 4 is 14.4 Å². The van der Waals surface area contributed by atoms with E-state index in [1.54, 1.807) is 0 Å². The van der Waals surface area contributed by atoms with Gasteiger partial charge < -0.3 is 14.3 Å². The van der Waals surface area contributed by atoms with Crippen molar-refractivity contribution in [3.8, 4) is 0 Å². The molecule has 0 aliphatic carbocycles. The molecule has 1 amide bonds. The van der Waals surface area contributed by atoms with Gasteiger partial charge in [0.1, 0.15) is 0 Å². The van der Waals surface area contributed by atoms with Crippen LogP contribution in [0.2, 0.25) is 16.6 Å². The summed E-state index contributed by atoms with van der Waals surface area (Å²) in [7, 11) is -2.16. The van der Waals surface area contributed by atoms with E-state index >= 15 is 0 Å². The number of ether oxygens (including phenoxy) is 1. The van der Waals surface area contributed by atoms with Crippen molar-refractivity contribution in [1.29, 1.82) is 0 Å². The number of amides is 1. The van der Waals surface area contributed by atoms with Crippen molar-refractivity contribution in [2.45, 2.75) is 70.8 Å². The van der Waals surface area contributed by atoms with E-state index in [4.69, 9.17) is 9.16 Å². The summed E-state index contributed by atoms with van der Waals surface area (Å²) in [5, 5.41) is 9.49. The molecular formula is C15H31NO4Si. The summed E-state index contributed by atoms with van der Waals surface area (Å²) in [6.07, 6.45) is -0.931. The van der Waals surface area contributed by atoms with Gasteiger partial charge in [-0.1, -0.05) is 41.5 Å². The highest BCUT2D eigenvalue weighted by molar-refractivity contribution is 6.77. The van der Waals surface area contributed by atoms with Gasteiger partial charge in [0, 0.05) is 0 Å². The molecule has 1 fully saturated rings. The average Bonchev–Trinajstić information content (AvgIpc) is 2.34. The first-order valence-corrected chi connectivity index (χ1v) is 10.0. The Morgan fingerprint density at radius 1 is 1.19 bits per heavy atom. The molecule has 6 heteroatoms. The Morgan fingerprint density at radius 2 is 1.67 bits per heavy atom. The molecule has 0 aromatic heterocycles. The van der Waals surface area contributed by atoms with E-state index in [0.717, 1.165) is 0 Å². The van der Waals surface area contributed by atoms with Crippen LogP contribution in [0.3, 0.4) is 0 Å². The van der Waals surface area contributed by atoms with E-state index in [9.17, 15) is 9.90 Å². The van der Waals surface area contributed by atoms with E-state index in [-0.39, 0.29) is 0 Å². The molecule has 0 spiro atoms. The number of rotatable bonds is 5. The molecule has 0 aromatic rings. The van der Waals surface area contributed by atoms with Crippen LogP contribution < -0.4 is 0 Å². The standard InChI is InChI=1S/C15H31NO4Si/c1-11(2)21(12(3)4,13(5)6)20-15(7)10-19-9-8-16(15)14(17)18/h11-13H,8-10H2,1-7H3,(H,17,18). The van der Waals surface area contributed by atoms with Crippen LogP contribution in [0.4, 0.5) is 4.79 Å². The van der Waals surface area contributed by atoms with Gasteiger partial charge >= 0.3 is 6.09 Å². The van der Waals surface area contributed by atoms with Gasteiger partial charge in [-0.05, 0) is 23.5 Å². The SMILES string of the molecule is CC(C)[Si](OC1(C)COCCN1C(=O)O)(C(C)C)C(C)C. The van der Waals surface area contributed by atoms with Crippen LogP contribution in [-0.2, 0) is 9.16 Å². The minimum Gasteiger partial charge on any atom is -0.465 e. The van der Waals surface area contributed by atoms with Gasteiger partial charge in [0.15, 0.2) is 5.72 Å². The third-order valence-electron chi connectivity index (χ3n) is 4.73. The van der Waals surface area contributed by atoms with Crippen molar-refractivity contribution in [3.05, 3.63) is 0 Å². The van der Waals surface area contributed by atoms with E-state index in [0.29, 0.717) is 36.4 Å². The molecule has 1 atom stereocenters. The summed E-state index contributed by atoms with van der Waals surface area (Å²) >= 11 is 0. The molecule has 1 rings (SSSR count). The Hall–Kier alpha value is -0.593. The lowest BCUT2D eigenvalue weighted by Crippen LogP contribution is -2.65. The highest BCUT2D eigenvalue weighted by atomic mass is 28.4. The molecule has 1 heterocycles. The third kappa shape index (κ3) is 3.43. The van der Waals surface area contributed by atoms with Gasteiger partial charge in [-0.15, -0.1) is 0 Å². The highest BCUT2D eigenvalue weighted by Gasteiger charge is 2.52. The molecule has 0 saturated carbocycles. The summed E-state index contributed by atoms with van der Waals surface area (Å²) < 4.78 is 12.2. The first kappa shape index (κ1) is 18.5. The monoisotopic (exact) mass is 317 g/mol. The number of nitrogens with zero attached hydrogens (tertiary/aromatic N) is 1. The maximum absolute atomic E-state index is 11.6. The molecule has 124 valence electrons. The molecule has 5 nitrogen and oxygen atoms in total. The van der Waals surface area contributed by atoms with Gasteiger partial charge in [0.2, 0.25) is 8.32 Å². The van der Waals surface area contributed by atoms with Crippen LogP contribution in [0.1, 0.15) is 48.5 Å². The van der Waals surface area contributed by atoms with E-state index in [1.165, 1.54) is 4.90 Å². The van der Waals surface area contributed by atoms with Crippen molar-refractivity contribution in [2.75, 3.05) is 19.8 Å². The zero-order chi connectivity index (χ0) is 16.4. The minimum atomic E-state index is -2.16. The molecule has 1 unspecified atom stereocenters. The zero-order valence-corrected chi connectivity index (χ0v) is 15.5. The second kappa shape index (κ2) is 6.67. The van der Waals surface area contributed by atoms with Gasteiger partial charge in [-0.25, -0.2) is 4.79 Å². The van der Waals surface area contributed by atoms with Crippen molar-refractivity contribution in [3.63, 3.8) is 0 Å². The maximum atomic E-state index is 11.6. The first-order chi connectivity index (χ1) is 9.58. The summed E-state index contributed by atoms with van der Waals surface area (Å²) in [5.74, 6) is 0. The molecule has 1 saturated heterocycles. The molecule has 0 aromatic carbocycles. The summed E-state index contributed by atoms with van der Waals surface area (Å²) in [4.78, 5) is 13.0. The first-order valence-electron chi connectivity index (χ1n) is 7.86. The summed E-state index contributed by atoms with van der Waals surface area (Å²) in [6.45, 7) is 16.2. The zero-order valence-electron chi connectivity index (χ0n) is 14.5. The van der Waals surface area contributed by atoms with Crippen molar-refractivity contribution in [2.24, 2.45) is 0 Å². The normalized spacial score (nSPS) is 24.2. The van der Waals surface area contributed by atoms with E-state index in [2.05, 4.69) is 41.5 Å². The van der Waals surface area contributed by atoms with Gasteiger partial charge in [0.05, 0.1) is 19.8 Å². The molecule has 0 bridgehead atoms. The van der Waals surface area contributed by atoms with Crippen LogP contribution in [0.25, 0.3) is 0 Å². The smallest absolute Gasteiger partial charge is 0.409 e. The van der Waals surface area contributed by atoms with Gasteiger partial charge in [-0.3, -0.25) is 4.90 Å². The Bertz CT molecular complexity index is 351. The molecule has 1 aliphatic heterocycles. The maximum Gasteiger partial charge on any atom is 0.409 e.